The summed E-state index contributed by atoms with van der Waals surface area (Å²) in [5.41, 5.74) is 1.41. The quantitative estimate of drug-likeness (QED) is 0.675. The van der Waals surface area contributed by atoms with Gasteiger partial charge in [-0.1, -0.05) is 5.16 Å². The Labute approximate surface area is 162 Å². The molecule has 8 heteroatoms. The highest BCUT2D eigenvalue weighted by Crippen LogP contribution is 2.31. The van der Waals surface area contributed by atoms with Crippen molar-refractivity contribution >= 4 is 5.91 Å². The zero-order valence-electron chi connectivity index (χ0n) is 16.1. The second kappa shape index (κ2) is 7.38. The molecule has 1 atom stereocenters. The van der Waals surface area contributed by atoms with Crippen molar-refractivity contribution in [3.05, 3.63) is 48.0 Å². The summed E-state index contributed by atoms with van der Waals surface area (Å²) < 4.78 is 18.0. The van der Waals surface area contributed by atoms with Gasteiger partial charge in [0.1, 0.15) is 11.5 Å². The molecule has 0 radical (unpaired) electrons. The molecule has 2 aromatic heterocycles. The van der Waals surface area contributed by atoms with Gasteiger partial charge in [0.05, 0.1) is 31.4 Å². The predicted octanol–water partition coefficient (Wildman–Crippen LogP) is 2.72. The Morgan fingerprint density at radius 2 is 2.11 bits per heavy atom. The fourth-order valence-electron chi connectivity index (χ4n) is 3.49. The third-order valence-corrected chi connectivity index (χ3v) is 5.08. The standard InChI is InChI=1S/C20H22N4O4/c1-23-9-4-5-16(23)18-21-19(28-22-18)13-8-10-24(12-13)20(25)15-7-6-14(26-2)11-17(15)27-3/h4-7,9,11,13H,8,10,12H2,1-3H3/t13-/m0/s1. The topological polar surface area (TPSA) is 82.6 Å². The van der Waals surface area contributed by atoms with E-state index in [4.69, 9.17) is 14.0 Å². The number of ether oxygens (including phenoxy) is 2. The number of carbonyl (C=O) groups excluding carboxylic acids is 1. The summed E-state index contributed by atoms with van der Waals surface area (Å²) in [4.78, 5) is 19.3. The first-order valence-electron chi connectivity index (χ1n) is 9.07. The van der Waals surface area contributed by atoms with Gasteiger partial charge >= 0.3 is 0 Å². The Kier molecular flexibility index (Phi) is 4.77. The van der Waals surface area contributed by atoms with Gasteiger partial charge in [-0.15, -0.1) is 0 Å². The number of nitrogens with zero attached hydrogens (tertiary/aromatic N) is 4. The number of hydrogen-bond donors (Lipinski definition) is 0. The van der Waals surface area contributed by atoms with Crippen LogP contribution in [0.3, 0.4) is 0 Å². The second-order valence-corrected chi connectivity index (χ2v) is 6.76. The molecule has 1 aromatic carbocycles. The van der Waals surface area contributed by atoms with Crippen molar-refractivity contribution < 1.29 is 18.8 Å². The van der Waals surface area contributed by atoms with Crippen molar-refractivity contribution in [3.63, 3.8) is 0 Å². The molecule has 3 aromatic rings. The molecule has 3 heterocycles. The Balaban J connectivity index is 1.49. The van der Waals surface area contributed by atoms with E-state index in [1.807, 2.05) is 29.9 Å². The molecule has 8 nitrogen and oxygen atoms in total. The Bertz CT molecular complexity index is 994. The zero-order chi connectivity index (χ0) is 19.7. The number of hydrogen-bond acceptors (Lipinski definition) is 6. The summed E-state index contributed by atoms with van der Waals surface area (Å²) >= 11 is 0. The number of carbonyl (C=O) groups is 1. The highest BCUT2D eigenvalue weighted by molar-refractivity contribution is 5.97. The van der Waals surface area contributed by atoms with E-state index < -0.39 is 0 Å². The molecule has 0 spiro atoms. The molecule has 0 saturated carbocycles. The lowest BCUT2D eigenvalue weighted by atomic mass is 10.1. The van der Waals surface area contributed by atoms with Crippen LogP contribution >= 0.6 is 0 Å². The van der Waals surface area contributed by atoms with Crippen LogP contribution in [0.1, 0.15) is 28.6 Å². The van der Waals surface area contributed by atoms with Crippen molar-refractivity contribution in [2.24, 2.45) is 7.05 Å². The molecule has 0 N–H and O–H groups in total. The maximum atomic E-state index is 13.0. The number of aryl methyl sites for hydroxylation is 1. The molecule has 1 amide bonds. The molecule has 1 aliphatic heterocycles. The summed E-state index contributed by atoms with van der Waals surface area (Å²) in [7, 11) is 5.06. The maximum Gasteiger partial charge on any atom is 0.257 e. The van der Waals surface area contributed by atoms with Gasteiger partial charge in [-0.05, 0) is 30.7 Å². The van der Waals surface area contributed by atoms with Crippen molar-refractivity contribution in [1.82, 2.24) is 19.6 Å². The van der Waals surface area contributed by atoms with Gasteiger partial charge in [0.25, 0.3) is 5.91 Å². The van der Waals surface area contributed by atoms with Crippen LogP contribution in [0.25, 0.3) is 11.5 Å². The molecular formula is C20H22N4O4. The minimum atomic E-state index is -0.0795. The largest absolute Gasteiger partial charge is 0.497 e. The molecule has 0 unspecified atom stereocenters. The van der Waals surface area contributed by atoms with E-state index in [0.29, 0.717) is 41.9 Å². The first-order valence-corrected chi connectivity index (χ1v) is 9.07. The zero-order valence-corrected chi connectivity index (χ0v) is 16.1. The maximum absolute atomic E-state index is 13.0. The normalized spacial score (nSPS) is 16.4. The summed E-state index contributed by atoms with van der Waals surface area (Å²) in [6, 6.07) is 9.07. The number of benzene rings is 1. The van der Waals surface area contributed by atoms with E-state index in [1.165, 1.54) is 0 Å². The number of likely N-dealkylation sites (tertiary alicyclic amines) is 1. The Morgan fingerprint density at radius 1 is 1.25 bits per heavy atom. The van der Waals surface area contributed by atoms with Gasteiger partial charge in [-0.3, -0.25) is 4.79 Å². The SMILES string of the molecule is COc1ccc(C(=O)N2CC[C@H](c3nc(-c4cccn4C)no3)C2)c(OC)c1. The second-order valence-electron chi connectivity index (χ2n) is 6.76. The van der Waals surface area contributed by atoms with Crippen molar-refractivity contribution in [2.45, 2.75) is 12.3 Å². The van der Waals surface area contributed by atoms with Crippen LogP contribution in [0, 0.1) is 0 Å². The lowest BCUT2D eigenvalue weighted by Crippen LogP contribution is -2.28. The van der Waals surface area contributed by atoms with E-state index in [2.05, 4.69) is 10.1 Å². The van der Waals surface area contributed by atoms with Crippen molar-refractivity contribution in [1.29, 1.82) is 0 Å². The van der Waals surface area contributed by atoms with E-state index in [0.717, 1.165) is 12.1 Å². The summed E-state index contributed by atoms with van der Waals surface area (Å²) in [6.45, 7) is 1.16. The molecule has 1 aliphatic rings. The van der Waals surface area contributed by atoms with Gasteiger partial charge in [-0.25, -0.2) is 0 Å². The average Bonchev–Trinajstić information content (AvgIpc) is 3.46. The lowest BCUT2D eigenvalue weighted by Gasteiger charge is -2.18. The molecule has 4 rings (SSSR count). The molecule has 146 valence electrons. The van der Waals surface area contributed by atoms with Crippen LogP contribution in [0.4, 0.5) is 0 Å². The van der Waals surface area contributed by atoms with Crippen LogP contribution in [0.5, 0.6) is 11.5 Å². The van der Waals surface area contributed by atoms with Gasteiger partial charge in [0.2, 0.25) is 11.7 Å². The van der Waals surface area contributed by atoms with Gasteiger partial charge in [0, 0.05) is 32.4 Å². The average molecular weight is 382 g/mol. The van der Waals surface area contributed by atoms with Crippen LogP contribution < -0.4 is 9.47 Å². The fraction of sp³-hybridized carbons (Fsp3) is 0.350. The number of aromatic nitrogens is 3. The van der Waals surface area contributed by atoms with Gasteiger partial charge in [-0.2, -0.15) is 4.98 Å². The molecule has 28 heavy (non-hydrogen) atoms. The third kappa shape index (κ3) is 3.21. The Hall–Kier alpha value is -3.29. The number of rotatable bonds is 5. The van der Waals surface area contributed by atoms with Crippen LogP contribution in [-0.4, -0.2) is 52.8 Å². The highest BCUT2D eigenvalue weighted by atomic mass is 16.5. The summed E-state index contributed by atoms with van der Waals surface area (Å²) in [5, 5.41) is 4.09. The first kappa shape index (κ1) is 18.1. The predicted molar refractivity (Wildman–Crippen MR) is 102 cm³/mol. The number of amides is 1. The van der Waals surface area contributed by atoms with Gasteiger partial charge < -0.3 is 23.5 Å². The molecular weight excluding hydrogens is 360 g/mol. The van der Waals surface area contributed by atoms with E-state index in [9.17, 15) is 4.79 Å². The first-order chi connectivity index (χ1) is 13.6. The summed E-state index contributed by atoms with van der Waals surface area (Å²) in [5.74, 6) is 2.21. The monoisotopic (exact) mass is 382 g/mol. The third-order valence-electron chi connectivity index (χ3n) is 5.08. The fourth-order valence-corrected chi connectivity index (χ4v) is 3.49. The highest BCUT2D eigenvalue weighted by Gasteiger charge is 2.32. The van der Waals surface area contributed by atoms with E-state index in [1.54, 1.807) is 37.3 Å². The van der Waals surface area contributed by atoms with Crippen molar-refractivity contribution in [3.8, 4) is 23.0 Å². The smallest absolute Gasteiger partial charge is 0.257 e. The minimum absolute atomic E-state index is 0.0229. The molecule has 1 fully saturated rings. The van der Waals surface area contributed by atoms with Crippen molar-refractivity contribution in [2.75, 3.05) is 27.3 Å². The lowest BCUT2D eigenvalue weighted by molar-refractivity contribution is 0.0786. The summed E-state index contributed by atoms with van der Waals surface area (Å²) in [6.07, 6.45) is 2.71. The van der Waals surface area contributed by atoms with Crippen LogP contribution in [0.15, 0.2) is 41.1 Å². The van der Waals surface area contributed by atoms with E-state index in [-0.39, 0.29) is 11.8 Å². The number of methoxy groups -OCH3 is 2. The Morgan fingerprint density at radius 3 is 2.82 bits per heavy atom. The van der Waals surface area contributed by atoms with Crippen LogP contribution in [-0.2, 0) is 7.05 Å². The van der Waals surface area contributed by atoms with Gasteiger partial charge in [0.15, 0.2) is 0 Å². The molecule has 0 aliphatic carbocycles. The molecule has 0 bridgehead atoms. The molecule has 1 saturated heterocycles. The minimum Gasteiger partial charge on any atom is -0.497 e. The van der Waals surface area contributed by atoms with Crippen LogP contribution in [0.2, 0.25) is 0 Å². The van der Waals surface area contributed by atoms with E-state index >= 15 is 0 Å².